The van der Waals surface area contributed by atoms with Crippen LogP contribution in [0.5, 0.6) is 0 Å². The van der Waals surface area contributed by atoms with Crippen LogP contribution in [0.15, 0.2) is 6.07 Å². The Kier molecular flexibility index (Phi) is 4.49. The van der Waals surface area contributed by atoms with Gasteiger partial charge in [-0.3, -0.25) is 9.59 Å². The van der Waals surface area contributed by atoms with Gasteiger partial charge in [0.15, 0.2) is 6.61 Å². The van der Waals surface area contributed by atoms with Gasteiger partial charge in [-0.05, 0) is 26.3 Å². The predicted octanol–water partition coefficient (Wildman–Crippen LogP) is 2.40. The van der Waals surface area contributed by atoms with E-state index in [1.165, 1.54) is 0 Å². The fraction of sp³-hybridized carbons (Fsp3) is 0.538. The van der Waals surface area contributed by atoms with E-state index in [2.05, 4.69) is 4.98 Å². The maximum absolute atomic E-state index is 11.8. The third-order valence-corrected chi connectivity index (χ3v) is 2.81. The van der Waals surface area contributed by atoms with Crippen LogP contribution in [-0.2, 0) is 9.53 Å². The zero-order valence-corrected chi connectivity index (χ0v) is 10.8. The average molecular weight is 237 g/mol. The van der Waals surface area contributed by atoms with Gasteiger partial charge < -0.3 is 9.72 Å². The Hall–Kier alpha value is -1.58. The lowest BCUT2D eigenvalue weighted by Gasteiger charge is -2.08. The molecule has 0 radical (unpaired) electrons. The third-order valence-electron chi connectivity index (χ3n) is 2.81. The summed E-state index contributed by atoms with van der Waals surface area (Å²) in [4.78, 5) is 26.3. The summed E-state index contributed by atoms with van der Waals surface area (Å²) in [6, 6.07) is 1.77. The molecule has 1 aromatic rings. The first-order valence-electron chi connectivity index (χ1n) is 5.81. The van der Waals surface area contributed by atoms with Crippen molar-refractivity contribution in [3.63, 3.8) is 0 Å². The van der Waals surface area contributed by atoms with Crippen LogP contribution in [0, 0.1) is 19.8 Å². The van der Waals surface area contributed by atoms with Crippen molar-refractivity contribution in [2.24, 2.45) is 5.92 Å². The van der Waals surface area contributed by atoms with E-state index < -0.39 is 0 Å². The van der Waals surface area contributed by atoms with Gasteiger partial charge in [-0.15, -0.1) is 0 Å². The van der Waals surface area contributed by atoms with E-state index in [1.54, 1.807) is 13.0 Å². The van der Waals surface area contributed by atoms with Gasteiger partial charge in [0.2, 0.25) is 5.78 Å². The van der Waals surface area contributed by atoms with Gasteiger partial charge >= 0.3 is 5.97 Å². The standard InChI is InChI=1S/C13H19NO3/c1-5-8(2)13(16)17-7-12(15)11-6-9(3)14-10(11)4/h6,8,14H,5,7H2,1-4H3. The Morgan fingerprint density at radius 3 is 2.53 bits per heavy atom. The molecule has 0 fully saturated rings. The number of carbonyl (C=O) groups excluding carboxylic acids is 2. The number of aryl methyl sites for hydroxylation is 2. The minimum absolute atomic E-state index is 0.156. The summed E-state index contributed by atoms with van der Waals surface area (Å²) < 4.78 is 4.97. The smallest absolute Gasteiger partial charge is 0.309 e. The second kappa shape index (κ2) is 5.66. The Bertz CT molecular complexity index is 420. The zero-order chi connectivity index (χ0) is 13.0. The van der Waals surface area contributed by atoms with Gasteiger partial charge in [0.1, 0.15) is 0 Å². The van der Waals surface area contributed by atoms with Crippen LogP contribution in [0.4, 0.5) is 0 Å². The molecular formula is C13H19NO3. The summed E-state index contributed by atoms with van der Waals surface area (Å²) in [7, 11) is 0. The van der Waals surface area contributed by atoms with E-state index in [0.29, 0.717) is 5.56 Å². The highest BCUT2D eigenvalue weighted by molar-refractivity contribution is 5.99. The number of Topliss-reactive ketones (excluding diaryl/α,β-unsaturated/α-hetero) is 1. The Morgan fingerprint density at radius 2 is 2.06 bits per heavy atom. The van der Waals surface area contributed by atoms with E-state index in [4.69, 9.17) is 4.74 Å². The summed E-state index contributed by atoms with van der Waals surface area (Å²) in [6.45, 7) is 7.24. The van der Waals surface area contributed by atoms with Crippen LogP contribution in [-0.4, -0.2) is 23.3 Å². The number of esters is 1. The van der Waals surface area contributed by atoms with Crippen LogP contribution in [0.2, 0.25) is 0 Å². The molecule has 0 saturated carbocycles. The van der Waals surface area contributed by atoms with E-state index in [-0.39, 0.29) is 24.3 Å². The second-order valence-electron chi connectivity index (χ2n) is 4.33. The number of aromatic nitrogens is 1. The van der Waals surface area contributed by atoms with Crippen molar-refractivity contribution in [2.75, 3.05) is 6.61 Å². The molecule has 0 spiro atoms. The number of nitrogens with one attached hydrogen (secondary N) is 1. The number of ketones is 1. The predicted molar refractivity (Wildman–Crippen MR) is 65.0 cm³/mol. The lowest BCUT2D eigenvalue weighted by atomic mass is 10.1. The molecule has 1 heterocycles. The minimum Gasteiger partial charge on any atom is -0.457 e. The first-order valence-corrected chi connectivity index (χ1v) is 5.81. The first-order chi connectivity index (χ1) is 7.95. The lowest BCUT2D eigenvalue weighted by molar-refractivity contribution is -0.146. The van der Waals surface area contributed by atoms with E-state index in [1.807, 2.05) is 20.8 Å². The molecular weight excluding hydrogens is 218 g/mol. The summed E-state index contributed by atoms with van der Waals surface area (Å²) in [5.41, 5.74) is 2.34. The van der Waals surface area contributed by atoms with E-state index in [0.717, 1.165) is 17.8 Å². The molecule has 17 heavy (non-hydrogen) atoms. The third kappa shape index (κ3) is 3.44. The number of hydrogen-bond acceptors (Lipinski definition) is 3. The zero-order valence-electron chi connectivity index (χ0n) is 10.8. The number of carbonyl (C=O) groups is 2. The molecule has 0 aliphatic carbocycles. The molecule has 1 aromatic heterocycles. The average Bonchev–Trinajstić information content (AvgIpc) is 2.63. The highest BCUT2D eigenvalue weighted by Gasteiger charge is 2.16. The number of hydrogen-bond donors (Lipinski definition) is 1. The monoisotopic (exact) mass is 237 g/mol. The molecule has 0 aliphatic rings. The largest absolute Gasteiger partial charge is 0.457 e. The van der Waals surface area contributed by atoms with Gasteiger partial charge in [-0.25, -0.2) is 0 Å². The van der Waals surface area contributed by atoms with Crippen molar-refractivity contribution >= 4 is 11.8 Å². The molecule has 0 bridgehead atoms. The molecule has 4 heteroatoms. The molecule has 1 N–H and O–H groups in total. The summed E-state index contributed by atoms with van der Waals surface area (Å²) in [5.74, 6) is -0.633. The molecule has 1 rings (SSSR count). The molecule has 1 unspecified atom stereocenters. The van der Waals surface area contributed by atoms with Crippen molar-refractivity contribution < 1.29 is 14.3 Å². The number of aromatic amines is 1. The van der Waals surface area contributed by atoms with Crippen LogP contribution in [0.1, 0.15) is 42.0 Å². The van der Waals surface area contributed by atoms with Crippen molar-refractivity contribution in [3.8, 4) is 0 Å². The van der Waals surface area contributed by atoms with Crippen LogP contribution < -0.4 is 0 Å². The van der Waals surface area contributed by atoms with Crippen LogP contribution in [0.25, 0.3) is 0 Å². The van der Waals surface area contributed by atoms with Crippen molar-refractivity contribution in [2.45, 2.75) is 34.1 Å². The maximum atomic E-state index is 11.8. The normalized spacial score (nSPS) is 12.2. The molecule has 94 valence electrons. The fourth-order valence-corrected chi connectivity index (χ4v) is 1.54. The quantitative estimate of drug-likeness (QED) is 0.632. The van der Waals surface area contributed by atoms with Gasteiger partial charge in [-0.1, -0.05) is 13.8 Å². The molecule has 0 aromatic carbocycles. The SMILES string of the molecule is CCC(C)C(=O)OCC(=O)c1cc(C)[nH]c1C. The topological polar surface area (TPSA) is 59.2 Å². The fourth-order valence-electron chi connectivity index (χ4n) is 1.54. The van der Waals surface area contributed by atoms with Crippen molar-refractivity contribution in [3.05, 3.63) is 23.0 Å². The molecule has 1 atom stereocenters. The van der Waals surface area contributed by atoms with Gasteiger partial charge in [0, 0.05) is 17.0 Å². The van der Waals surface area contributed by atoms with Gasteiger partial charge in [0.05, 0.1) is 5.92 Å². The number of ether oxygens (including phenoxy) is 1. The summed E-state index contributed by atoms with van der Waals surface area (Å²) >= 11 is 0. The second-order valence-corrected chi connectivity index (χ2v) is 4.33. The number of rotatable bonds is 5. The van der Waals surface area contributed by atoms with Crippen molar-refractivity contribution in [1.29, 1.82) is 0 Å². The van der Waals surface area contributed by atoms with E-state index >= 15 is 0 Å². The highest BCUT2D eigenvalue weighted by atomic mass is 16.5. The summed E-state index contributed by atoms with van der Waals surface area (Å²) in [5, 5.41) is 0. The molecule has 4 nitrogen and oxygen atoms in total. The van der Waals surface area contributed by atoms with E-state index in [9.17, 15) is 9.59 Å². The maximum Gasteiger partial charge on any atom is 0.309 e. The minimum atomic E-state index is -0.314. The van der Waals surface area contributed by atoms with Crippen LogP contribution >= 0.6 is 0 Å². The van der Waals surface area contributed by atoms with Crippen LogP contribution in [0.3, 0.4) is 0 Å². The molecule has 0 aliphatic heterocycles. The van der Waals surface area contributed by atoms with Gasteiger partial charge in [0.25, 0.3) is 0 Å². The first kappa shape index (κ1) is 13.5. The summed E-state index contributed by atoms with van der Waals surface area (Å²) in [6.07, 6.45) is 0.718. The Balaban J connectivity index is 2.56. The lowest BCUT2D eigenvalue weighted by Crippen LogP contribution is -2.19. The Morgan fingerprint density at radius 1 is 1.41 bits per heavy atom. The molecule has 0 saturated heterocycles. The Labute approximate surface area is 101 Å². The van der Waals surface area contributed by atoms with Crippen molar-refractivity contribution in [1.82, 2.24) is 4.98 Å². The molecule has 0 amide bonds. The highest BCUT2D eigenvalue weighted by Crippen LogP contribution is 2.11. The number of H-pyrrole nitrogens is 1. The van der Waals surface area contributed by atoms with Gasteiger partial charge in [-0.2, -0.15) is 0 Å².